The summed E-state index contributed by atoms with van der Waals surface area (Å²) >= 11 is 1.39. The minimum atomic E-state index is -2.98. The number of carboxylic acids is 1. The summed E-state index contributed by atoms with van der Waals surface area (Å²) in [7, 11) is 0. The van der Waals surface area contributed by atoms with Gasteiger partial charge in [0.15, 0.2) is 0 Å². The average molecular weight is 196 g/mol. The first-order valence-corrected chi connectivity index (χ1v) is 4.96. The molecule has 1 aliphatic rings. The van der Waals surface area contributed by atoms with Crippen LogP contribution >= 0.6 is 11.8 Å². The van der Waals surface area contributed by atoms with Crippen LogP contribution in [0.2, 0.25) is 0 Å². The number of thioether (sulfide) groups is 1. The minimum Gasteiger partial charge on any atom is -0.481 e. The van der Waals surface area contributed by atoms with E-state index in [2.05, 4.69) is 0 Å². The van der Waals surface area contributed by atoms with Gasteiger partial charge >= 0.3 is 5.97 Å². The Hall–Kier alpha value is -0.320. The molecule has 1 atom stereocenters. The molecular formula is C7H10F2O2S. The molecule has 2 nitrogen and oxygen atoms in total. The van der Waals surface area contributed by atoms with Gasteiger partial charge in [0, 0.05) is 6.42 Å². The molecule has 1 rings (SSSR count). The lowest BCUT2D eigenvalue weighted by molar-refractivity contribution is -0.147. The molecule has 1 saturated carbocycles. The van der Waals surface area contributed by atoms with E-state index in [4.69, 9.17) is 5.11 Å². The van der Waals surface area contributed by atoms with Crippen molar-refractivity contribution in [1.29, 1.82) is 0 Å². The zero-order chi connectivity index (χ0) is 9.41. The number of rotatable bonds is 4. The van der Waals surface area contributed by atoms with Gasteiger partial charge in [-0.25, -0.2) is 8.78 Å². The third-order valence-corrected chi connectivity index (χ3v) is 2.85. The fraction of sp³-hybridized carbons (Fsp3) is 0.857. The summed E-state index contributed by atoms with van der Waals surface area (Å²) in [4.78, 5) is 10.5. The van der Waals surface area contributed by atoms with Gasteiger partial charge in [0.05, 0.1) is 0 Å². The molecule has 0 heterocycles. The smallest absolute Gasteiger partial charge is 0.316 e. The lowest BCUT2D eigenvalue weighted by Crippen LogP contribution is -2.23. The predicted octanol–water partition coefficient (Wildman–Crippen LogP) is 1.85. The van der Waals surface area contributed by atoms with Gasteiger partial charge in [0.25, 0.3) is 5.92 Å². The van der Waals surface area contributed by atoms with Gasteiger partial charge in [-0.05, 0) is 18.4 Å². The average Bonchev–Trinajstić information content (AvgIpc) is 2.51. The van der Waals surface area contributed by atoms with Crippen LogP contribution in [0.1, 0.15) is 12.8 Å². The summed E-state index contributed by atoms with van der Waals surface area (Å²) in [6.07, 6.45) is 1.35. The van der Waals surface area contributed by atoms with Crippen molar-refractivity contribution < 1.29 is 18.7 Å². The molecule has 1 fully saturated rings. The van der Waals surface area contributed by atoms with E-state index in [0.717, 1.165) is 0 Å². The van der Waals surface area contributed by atoms with Gasteiger partial charge < -0.3 is 5.11 Å². The first-order valence-electron chi connectivity index (χ1n) is 3.56. The number of carboxylic acid groups (broad SMARTS) is 1. The standard InChI is InChI=1S/C7H10F2O2S/c1-12-3-2-6(5(10)11)4-7(6,8)9/h2-4H2,1H3,(H,10,11). The van der Waals surface area contributed by atoms with Crippen molar-refractivity contribution in [3.8, 4) is 0 Å². The number of halogens is 2. The van der Waals surface area contributed by atoms with Crippen LogP contribution in [-0.2, 0) is 4.79 Å². The zero-order valence-electron chi connectivity index (χ0n) is 6.64. The second-order valence-corrected chi connectivity index (χ2v) is 4.00. The summed E-state index contributed by atoms with van der Waals surface area (Å²) in [6, 6.07) is 0. The SMILES string of the molecule is CSCCC1(C(=O)O)CC1(F)F. The van der Waals surface area contributed by atoms with Crippen molar-refractivity contribution >= 4 is 17.7 Å². The summed E-state index contributed by atoms with van der Waals surface area (Å²) < 4.78 is 25.3. The summed E-state index contributed by atoms with van der Waals surface area (Å²) in [5.74, 6) is -3.86. The molecule has 5 heteroatoms. The molecule has 0 spiro atoms. The van der Waals surface area contributed by atoms with Crippen LogP contribution in [0.15, 0.2) is 0 Å². The molecular weight excluding hydrogens is 186 g/mol. The third-order valence-electron chi connectivity index (χ3n) is 2.24. The summed E-state index contributed by atoms with van der Waals surface area (Å²) in [6.45, 7) is 0. The summed E-state index contributed by atoms with van der Waals surface area (Å²) in [5.41, 5.74) is -1.74. The van der Waals surface area contributed by atoms with Crippen LogP contribution in [0.3, 0.4) is 0 Å². The van der Waals surface area contributed by atoms with Gasteiger partial charge in [-0.3, -0.25) is 4.79 Å². The molecule has 1 unspecified atom stereocenters. The van der Waals surface area contributed by atoms with Crippen molar-refractivity contribution in [2.45, 2.75) is 18.8 Å². The highest BCUT2D eigenvalue weighted by atomic mass is 32.2. The third kappa shape index (κ3) is 1.30. The van der Waals surface area contributed by atoms with E-state index in [-0.39, 0.29) is 6.42 Å². The Morgan fingerprint density at radius 1 is 1.67 bits per heavy atom. The second-order valence-electron chi connectivity index (χ2n) is 3.01. The van der Waals surface area contributed by atoms with Gasteiger partial charge in [-0.2, -0.15) is 11.8 Å². The number of carbonyl (C=O) groups is 1. The Labute approximate surface area is 73.3 Å². The largest absolute Gasteiger partial charge is 0.481 e. The van der Waals surface area contributed by atoms with Gasteiger partial charge in [-0.1, -0.05) is 0 Å². The number of hydrogen-bond acceptors (Lipinski definition) is 2. The maximum absolute atomic E-state index is 12.6. The number of alkyl halides is 2. The Morgan fingerprint density at radius 3 is 2.42 bits per heavy atom. The first-order chi connectivity index (χ1) is 5.46. The highest BCUT2D eigenvalue weighted by Crippen LogP contribution is 2.63. The number of aliphatic carboxylic acids is 1. The fourth-order valence-corrected chi connectivity index (χ4v) is 1.77. The molecule has 0 radical (unpaired) electrons. The summed E-state index contributed by atoms with van der Waals surface area (Å²) in [5, 5.41) is 8.58. The molecule has 0 aliphatic heterocycles. The van der Waals surface area contributed by atoms with Crippen molar-refractivity contribution in [3.05, 3.63) is 0 Å². The fourth-order valence-electron chi connectivity index (χ4n) is 1.22. The van der Waals surface area contributed by atoms with E-state index in [1.807, 2.05) is 0 Å². The first kappa shape index (κ1) is 9.77. The van der Waals surface area contributed by atoms with Crippen molar-refractivity contribution in [2.75, 3.05) is 12.0 Å². The molecule has 0 aromatic rings. The minimum absolute atomic E-state index is 0.0660. The molecule has 0 aromatic heterocycles. The van der Waals surface area contributed by atoms with Crippen LogP contribution in [-0.4, -0.2) is 29.0 Å². The molecule has 1 aliphatic carbocycles. The monoisotopic (exact) mass is 196 g/mol. The van der Waals surface area contributed by atoms with E-state index in [9.17, 15) is 13.6 Å². The van der Waals surface area contributed by atoms with Crippen LogP contribution < -0.4 is 0 Å². The van der Waals surface area contributed by atoms with Crippen LogP contribution in [0, 0.1) is 5.41 Å². The molecule has 0 aromatic carbocycles. The molecule has 0 bridgehead atoms. The molecule has 1 N–H and O–H groups in total. The van der Waals surface area contributed by atoms with E-state index >= 15 is 0 Å². The normalized spacial score (nSPS) is 31.6. The van der Waals surface area contributed by atoms with E-state index in [1.54, 1.807) is 6.26 Å². The molecule has 12 heavy (non-hydrogen) atoms. The molecule has 0 amide bonds. The molecule has 70 valence electrons. The van der Waals surface area contributed by atoms with E-state index in [0.29, 0.717) is 5.75 Å². The quantitative estimate of drug-likeness (QED) is 0.745. The lowest BCUT2D eigenvalue weighted by atomic mass is 10.0. The Kier molecular flexibility index (Phi) is 2.33. The van der Waals surface area contributed by atoms with Gasteiger partial charge in [0.2, 0.25) is 0 Å². The topological polar surface area (TPSA) is 37.3 Å². The molecule has 0 saturated heterocycles. The van der Waals surface area contributed by atoms with Crippen molar-refractivity contribution in [2.24, 2.45) is 5.41 Å². The van der Waals surface area contributed by atoms with Gasteiger partial charge in [-0.15, -0.1) is 0 Å². The van der Waals surface area contributed by atoms with Crippen LogP contribution in [0.25, 0.3) is 0 Å². The van der Waals surface area contributed by atoms with E-state index < -0.39 is 23.7 Å². The Bertz CT molecular complexity index is 208. The van der Waals surface area contributed by atoms with Crippen LogP contribution in [0.4, 0.5) is 8.78 Å². The highest BCUT2D eigenvalue weighted by molar-refractivity contribution is 7.98. The maximum atomic E-state index is 12.6. The highest BCUT2D eigenvalue weighted by Gasteiger charge is 2.75. The van der Waals surface area contributed by atoms with Gasteiger partial charge in [0.1, 0.15) is 5.41 Å². The lowest BCUT2D eigenvalue weighted by Gasteiger charge is -2.08. The van der Waals surface area contributed by atoms with Crippen molar-refractivity contribution in [3.63, 3.8) is 0 Å². The maximum Gasteiger partial charge on any atom is 0.316 e. The number of hydrogen-bond donors (Lipinski definition) is 1. The second kappa shape index (κ2) is 2.87. The zero-order valence-corrected chi connectivity index (χ0v) is 7.46. The van der Waals surface area contributed by atoms with Crippen LogP contribution in [0.5, 0.6) is 0 Å². The Morgan fingerprint density at radius 2 is 2.17 bits per heavy atom. The Balaban J connectivity index is 2.60. The van der Waals surface area contributed by atoms with Crippen molar-refractivity contribution in [1.82, 2.24) is 0 Å². The predicted molar refractivity (Wildman–Crippen MR) is 42.6 cm³/mol. The van der Waals surface area contributed by atoms with E-state index in [1.165, 1.54) is 11.8 Å².